The molecule has 37 heavy (non-hydrogen) atoms. The van der Waals surface area contributed by atoms with Crippen LogP contribution < -0.4 is 18.9 Å². The first-order valence-electron chi connectivity index (χ1n) is 12.1. The van der Waals surface area contributed by atoms with Gasteiger partial charge in [-0.3, -0.25) is 0 Å². The summed E-state index contributed by atoms with van der Waals surface area (Å²) in [5.41, 5.74) is 2.37. The first kappa shape index (κ1) is 27.4. The summed E-state index contributed by atoms with van der Waals surface area (Å²) in [6.45, 7) is -0.735. The van der Waals surface area contributed by atoms with Gasteiger partial charge in [0.1, 0.15) is 30.5 Å². The summed E-state index contributed by atoms with van der Waals surface area (Å²) in [5.74, 6) is 1.09. The van der Waals surface area contributed by atoms with E-state index in [4.69, 9.17) is 23.7 Å². The van der Waals surface area contributed by atoms with E-state index in [1.54, 1.807) is 18.2 Å². The van der Waals surface area contributed by atoms with Gasteiger partial charge in [0.05, 0.1) is 33.4 Å². The van der Waals surface area contributed by atoms with Crippen molar-refractivity contribution >= 4 is 0 Å². The molecule has 0 unspecified atom stereocenters. The van der Waals surface area contributed by atoms with Gasteiger partial charge in [0, 0.05) is 12.2 Å². The summed E-state index contributed by atoms with van der Waals surface area (Å²) in [7, 11) is 2.97. The Morgan fingerprint density at radius 1 is 0.838 bits per heavy atom. The molecule has 2 heterocycles. The van der Waals surface area contributed by atoms with Crippen LogP contribution in [0.1, 0.15) is 35.1 Å². The fourth-order valence-electron chi connectivity index (χ4n) is 4.78. The predicted octanol–water partition coefficient (Wildman–Crippen LogP) is 0.0170. The Morgan fingerprint density at radius 3 is 2.24 bits per heavy atom. The molecule has 4 rings (SSSR count). The van der Waals surface area contributed by atoms with E-state index in [-0.39, 0.29) is 19.0 Å². The van der Waals surface area contributed by atoms with E-state index in [1.165, 1.54) is 14.2 Å². The average Bonchev–Trinajstić information content (AvgIpc) is 3.30. The van der Waals surface area contributed by atoms with Crippen LogP contribution in [-0.2, 0) is 11.2 Å². The lowest BCUT2D eigenvalue weighted by Gasteiger charge is -2.39. The van der Waals surface area contributed by atoms with E-state index in [1.807, 2.05) is 12.1 Å². The molecule has 0 bridgehead atoms. The predicted molar refractivity (Wildman–Crippen MR) is 129 cm³/mol. The van der Waals surface area contributed by atoms with Crippen LogP contribution >= 0.6 is 0 Å². The number of ether oxygens (including phenoxy) is 5. The number of methoxy groups -OCH3 is 2. The monoisotopic (exact) mass is 522 g/mol. The number of aliphatic hydroxyl groups is 6. The Kier molecular flexibility index (Phi) is 8.75. The topological polar surface area (TPSA) is 168 Å². The van der Waals surface area contributed by atoms with Crippen LogP contribution in [0.3, 0.4) is 0 Å². The zero-order chi connectivity index (χ0) is 26.7. The summed E-state index contributed by atoms with van der Waals surface area (Å²) < 4.78 is 28.5. The maximum atomic E-state index is 10.4. The first-order chi connectivity index (χ1) is 17.9. The second-order valence-corrected chi connectivity index (χ2v) is 9.10. The molecule has 1 saturated heterocycles. The number of aliphatic hydroxyl groups excluding tert-OH is 6. The van der Waals surface area contributed by atoms with Crippen molar-refractivity contribution in [2.75, 3.05) is 34.0 Å². The van der Waals surface area contributed by atoms with Crippen LogP contribution in [-0.4, -0.2) is 95.4 Å². The molecular formula is C26H34O11. The highest BCUT2D eigenvalue weighted by Gasteiger charge is 2.45. The average molecular weight is 523 g/mol. The van der Waals surface area contributed by atoms with Crippen molar-refractivity contribution in [3.63, 3.8) is 0 Å². The number of aryl methyl sites for hydroxylation is 1. The molecule has 11 heteroatoms. The van der Waals surface area contributed by atoms with Gasteiger partial charge in [-0.05, 0) is 42.2 Å². The van der Waals surface area contributed by atoms with Crippen molar-refractivity contribution in [3.05, 3.63) is 47.0 Å². The van der Waals surface area contributed by atoms with E-state index in [9.17, 15) is 30.6 Å². The van der Waals surface area contributed by atoms with Gasteiger partial charge in [0.15, 0.2) is 23.0 Å². The van der Waals surface area contributed by atoms with Gasteiger partial charge in [0.25, 0.3) is 0 Å². The lowest BCUT2D eigenvalue weighted by molar-refractivity contribution is -0.277. The van der Waals surface area contributed by atoms with Gasteiger partial charge in [0.2, 0.25) is 6.29 Å². The quantitative estimate of drug-likeness (QED) is 0.249. The molecule has 0 spiro atoms. The van der Waals surface area contributed by atoms with Crippen molar-refractivity contribution in [2.45, 2.75) is 55.6 Å². The molecule has 0 aromatic heterocycles. The Bertz CT molecular complexity index is 1060. The molecule has 2 aliphatic rings. The molecule has 7 atom stereocenters. The Morgan fingerprint density at radius 2 is 1.59 bits per heavy atom. The van der Waals surface area contributed by atoms with Gasteiger partial charge >= 0.3 is 0 Å². The van der Waals surface area contributed by atoms with Crippen molar-refractivity contribution in [1.82, 2.24) is 0 Å². The lowest BCUT2D eigenvalue weighted by atomic mass is 9.90. The van der Waals surface area contributed by atoms with Crippen LogP contribution in [0.4, 0.5) is 0 Å². The molecule has 1 fully saturated rings. The number of rotatable bonds is 10. The van der Waals surface area contributed by atoms with E-state index < -0.39 is 49.3 Å². The van der Waals surface area contributed by atoms with E-state index in [0.29, 0.717) is 35.7 Å². The first-order valence-corrected chi connectivity index (χ1v) is 12.1. The third-order valence-corrected chi connectivity index (χ3v) is 6.80. The molecule has 0 amide bonds. The standard InChI is InChI=1S/C26H34O11/c1-33-17-6-5-14(10-18(17)35-26-23(32)22(31)21(30)20(12-29)36-26)24-16(11-28)15-8-13(4-3-7-27)9-19(34-2)25(15)37-24/h5-6,8-10,16,20-24,26-32H,3-4,7,11-12H2,1-2H3/t16-,20+,21+,22-,23+,24+,26+/m1/s1. The van der Waals surface area contributed by atoms with Crippen LogP contribution in [0, 0.1) is 0 Å². The number of hydrogen-bond acceptors (Lipinski definition) is 11. The van der Waals surface area contributed by atoms with Crippen LogP contribution in [0.25, 0.3) is 0 Å². The lowest BCUT2D eigenvalue weighted by Crippen LogP contribution is -2.60. The molecule has 6 N–H and O–H groups in total. The Balaban J connectivity index is 1.64. The van der Waals surface area contributed by atoms with Crippen LogP contribution in [0.5, 0.6) is 23.0 Å². The third-order valence-electron chi connectivity index (χ3n) is 6.80. The minimum atomic E-state index is -1.59. The number of fused-ring (bicyclic) bond motifs is 1. The van der Waals surface area contributed by atoms with Crippen LogP contribution in [0.2, 0.25) is 0 Å². The highest BCUT2D eigenvalue weighted by Crippen LogP contribution is 2.51. The molecule has 204 valence electrons. The van der Waals surface area contributed by atoms with Gasteiger partial charge in [-0.15, -0.1) is 0 Å². The third kappa shape index (κ3) is 5.34. The summed E-state index contributed by atoms with van der Waals surface area (Å²) in [5, 5.41) is 59.6. The van der Waals surface area contributed by atoms with Crippen molar-refractivity contribution in [3.8, 4) is 23.0 Å². The highest BCUT2D eigenvalue weighted by atomic mass is 16.7. The molecule has 0 saturated carbocycles. The largest absolute Gasteiger partial charge is 0.493 e. The SMILES string of the molecule is COc1ccc([C@@H]2Oc3c(OC)cc(CCCO)cc3[C@H]2CO)cc1O[C@H]1O[C@@H](CO)[C@H](O)[C@@H](O)[C@@H]1O. The fourth-order valence-corrected chi connectivity index (χ4v) is 4.78. The molecule has 11 nitrogen and oxygen atoms in total. The molecule has 2 aromatic carbocycles. The van der Waals surface area contributed by atoms with Gasteiger partial charge < -0.3 is 54.3 Å². The zero-order valence-corrected chi connectivity index (χ0v) is 20.7. The van der Waals surface area contributed by atoms with Gasteiger partial charge in [-0.25, -0.2) is 0 Å². The second-order valence-electron chi connectivity index (χ2n) is 9.10. The van der Waals surface area contributed by atoms with Crippen molar-refractivity contribution in [2.24, 2.45) is 0 Å². The summed E-state index contributed by atoms with van der Waals surface area (Å²) in [4.78, 5) is 0. The summed E-state index contributed by atoms with van der Waals surface area (Å²) in [6, 6.07) is 8.83. The summed E-state index contributed by atoms with van der Waals surface area (Å²) >= 11 is 0. The molecular weight excluding hydrogens is 488 g/mol. The van der Waals surface area contributed by atoms with E-state index >= 15 is 0 Å². The maximum absolute atomic E-state index is 10.4. The Hall–Kier alpha value is -2.64. The Labute approximate surface area is 214 Å². The normalized spacial score (nSPS) is 28.9. The maximum Gasteiger partial charge on any atom is 0.229 e. The van der Waals surface area contributed by atoms with Crippen LogP contribution in [0.15, 0.2) is 30.3 Å². The highest BCUT2D eigenvalue weighted by molar-refractivity contribution is 5.56. The zero-order valence-electron chi connectivity index (χ0n) is 20.7. The van der Waals surface area contributed by atoms with Gasteiger partial charge in [-0.2, -0.15) is 0 Å². The van der Waals surface area contributed by atoms with Crippen molar-refractivity contribution in [1.29, 1.82) is 0 Å². The summed E-state index contributed by atoms with van der Waals surface area (Å²) in [6.07, 6.45) is -6.60. The van der Waals surface area contributed by atoms with E-state index in [0.717, 1.165) is 11.1 Å². The molecule has 0 aliphatic carbocycles. The minimum absolute atomic E-state index is 0.0605. The minimum Gasteiger partial charge on any atom is -0.493 e. The number of hydrogen-bond donors (Lipinski definition) is 6. The molecule has 2 aliphatic heterocycles. The second kappa shape index (κ2) is 11.8. The molecule has 2 aromatic rings. The fraction of sp³-hybridized carbons (Fsp3) is 0.538. The number of benzene rings is 2. The van der Waals surface area contributed by atoms with Gasteiger partial charge in [-0.1, -0.05) is 12.1 Å². The smallest absolute Gasteiger partial charge is 0.229 e. The van der Waals surface area contributed by atoms with E-state index in [2.05, 4.69) is 0 Å². The molecule has 0 radical (unpaired) electrons. The van der Waals surface area contributed by atoms with Crippen molar-refractivity contribution < 1.29 is 54.3 Å².